The van der Waals surface area contributed by atoms with Crippen molar-refractivity contribution in [3.63, 3.8) is 0 Å². The van der Waals surface area contributed by atoms with E-state index in [-0.39, 0.29) is 17.9 Å². The molecule has 0 saturated heterocycles. The number of thiophene rings is 1. The number of fused-ring (bicyclic) bond motifs is 3. The lowest BCUT2D eigenvalue weighted by molar-refractivity contribution is -0.117. The van der Waals surface area contributed by atoms with Gasteiger partial charge in [-0.15, -0.1) is 16.4 Å². The van der Waals surface area contributed by atoms with Crippen LogP contribution in [0.25, 0.3) is 16.0 Å². The Morgan fingerprint density at radius 1 is 1.26 bits per heavy atom. The molecule has 162 valence electrons. The summed E-state index contributed by atoms with van der Waals surface area (Å²) in [5.41, 5.74) is 0.430. The number of amides is 1. The van der Waals surface area contributed by atoms with Crippen LogP contribution in [0.2, 0.25) is 0 Å². The molecule has 0 bridgehead atoms. The molecule has 1 amide bonds. The number of nitrogens with one attached hydrogen (secondary N) is 1. The molecule has 3 heterocycles. The number of ether oxygens (including phenoxy) is 1. The molecule has 10 heteroatoms. The molecule has 0 spiro atoms. The molecule has 0 fully saturated rings. The van der Waals surface area contributed by atoms with Gasteiger partial charge in [0.15, 0.2) is 0 Å². The molecule has 0 unspecified atom stereocenters. The number of aromatic nitrogens is 4. The number of carbonyl (C=O) groups excluding carboxylic acids is 1. The van der Waals surface area contributed by atoms with E-state index in [1.165, 1.54) is 20.3 Å². The van der Waals surface area contributed by atoms with E-state index in [2.05, 4.69) is 24.3 Å². The molecule has 9 nitrogen and oxygen atoms in total. The molecule has 4 rings (SSSR count). The van der Waals surface area contributed by atoms with Crippen LogP contribution in [0.3, 0.4) is 0 Å². The topological polar surface area (TPSA) is 99.6 Å². The normalized spacial score (nSPS) is 11.5. The molecule has 3 aromatic heterocycles. The minimum Gasteiger partial charge on any atom is -0.497 e. The Bertz CT molecular complexity index is 1380. The van der Waals surface area contributed by atoms with Gasteiger partial charge in [-0.25, -0.2) is 13.9 Å². The SMILES string of the molecule is COc1cccc(NC(=O)Cn2nc3n(CCC(C)C)c(=O)c4sccc4n3c2=O)c1. The summed E-state index contributed by atoms with van der Waals surface area (Å²) in [6.45, 7) is 4.31. The van der Waals surface area contributed by atoms with Gasteiger partial charge in [-0.05, 0) is 35.9 Å². The molecule has 0 aliphatic heterocycles. The van der Waals surface area contributed by atoms with Crippen LogP contribution in [-0.4, -0.2) is 31.8 Å². The predicted molar refractivity (Wildman–Crippen MR) is 120 cm³/mol. The lowest BCUT2D eigenvalue weighted by Gasteiger charge is -2.09. The maximum absolute atomic E-state index is 13.1. The second kappa shape index (κ2) is 8.38. The van der Waals surface area contributed by atoms with Gasteiger partial charge < -0.3 is 10.1 Å². The summed E-state index contributed by atoms with van der Waals surface area (Å²) >= 11 is 1.29. The fourth-order valence-electron chi connectivity index (χ4n) is 3.36. The van der Waals surface area contributed by atoms with Crippen LogP contribution in [0.15, 0.2) is 45.3 Å². The number of nitrogens with zero attached hydrogens (tertiary/aromatic N) is 4. The van der Waals surface area contributed by atoms with E-state index in [0.29, 0.717) is 34.1 Å². The van der Waals surface area contributed by atoms with Crippen molar-refractivity contribution in [2.75, 3.05) is 12.4 Å². The van der Waals surface area contributed by atoms with Gasteiger partial charge in [-0.3, -0.25) is 14.2 Å². The first-order valence-corrected chi connectivity index (χ1v) is 10.8. The number of hydrogen-bond acceptors (Lipinski definition) is 6. The minimum atomic E-state index is -0.461. The highest BCUT2D eigenvalue weighted by molar-refractivity contribution is 7.17. The van der Waals surface area contributed by atoms with Crippen LogP contribution in [-0.2, 0) is 17.9 Å². The predicted octanol–water partition coefficient (Wildman–Crippen LogP) is 2.57. The number of rotatable bonds is 7. The zero-order valence-corrected chi connectivity index (χ0v) is 18.3. The van der Waals surface area contributed by atoms with E-state index >= 15 is 0 Å². The third kappa shape index (κ3) is 3.98. The summed E-state index contributed by atoms with van der Waals surface area (Å²) in [4.78, 5) is 38.6. The maximum atomic E-state index is 13.1. The van der Waals surface area contributed by atoms with Crippen LogP contribution in [0.4, 0.5) is 5.69 Å². The third-order valence-electron chi connectivity index (χ3n) is 4.97. The van der Waals surface area contributed by atoms with Gasteiger partial charge in [-0.1, -0.05) is 19.9 Å². The Morgan fingerprint density at radius 2 is 2.06 bits per heavy atom. The van der Waals surface area contributed by atoms with Crippen molar-refractivity contribution in [2.45, 2.75) is 33.4 Å². The molecular weight excluding hydrogens is 418 g/mol. The molecule has 31 heavy (non-hydrogen) atoms. The van der Waals surface area contributed by atoms with Crippen molar-refractivity contribution in [3.05, 3.63) is 56.5 Å². The second-order valence-electron chi connectivity index (χ2n) is 7.63. The summed E-state index contributed by atoms with van der Waals surface area (Å²) in [5.74, 6) is 0.831. The Kier molecular flexibility index (Phi) is 5.64. The van der Waals surface area contributed by atoms with Gasteiger partial charge in [0.05, 0.1) is 12.6 Å². The zero-order chi connectivity index (χ0) is 22.1. The summed E-state index contributed by atoms with van der Waals surface area (Å²) in [7, 11) is 1.54. The highest BCUT2D eigenvalue weighted by atomic mass is 32.1. The highest BCUT2D eigenvalue weighted by Crippen LogP contribution is 2.18. The number of hydrogen-bond donors (Lipinski definition) is 1. The quantitative estimate of drug-likeness (QED) is 0.475. The minimum absolute atomic E-state index is 0.170. The van der Waals surface area contributed by atoms with Gasteiger partial charge in [0.2, 0.25) is 11.7 Å². The van der Waals surface area contributed by atoms with E-state index < -0.39 is 11.6 Å². The van der Waals surface area contributed by atoms with E-state index in [9.17, 15) is 14.4 Å². The van der Waals surface area contributed by atoms with Gasteiger partial charge in [0.25, 0.3) is 5.56 Å². The fraction of sp³-hybridized carbons (Fsp3) is 0.333. The van der Waals surface area contributed by atoms with Crippen LogP contribution in [0, 0.1) is 5.92 Å². The lowest BCUT2D eigenvalue weighted by Crippen LogP contribution is -2.29. The van der Waals surface area contributed by atoms with Crippen molar-refractivity contribution in [1.82, 2.24) is 18.7 Å². The van der Waals surface area contributed by atoms with E-state index in [4.69, 9.17) is 4.74 Å². The average molecular weight is 442 g/mol. The number of aryl methyl sites for hydroxylation is 1. The number of benzene rings is 1. The molecule has 0 atom stereocenters. The van der Waals surface area contributed by atoms with Gasteiger partial charge >= 0.3 is 5.69 Å². The number of anilines is 1. The first-order chi connectivity index (χ1) is 14.9. The van der Waals surface area contributed by atoms with Crippen molar-refractivity contribution < 1.29 is 9.53 Å². The molecule has 0 aliphatic carbocycles. The van der Waals surface area contributed by atoms with Crippen molar-refractivity contribution >= 4 is 38.9 Å². The summed E-state index contributed by atoms with van der Waals surface area (Å²) in [5, 5.41) is 8.86. The summed E-state index contributed by atoms with van der Waals surface area (Å²) in [6, 6.07) is 8.66. The molecule has 1 N–H and O–H groups in total. The van der Waals surface area contributed by atoms with Crippen LogP contribution >= 0.6 is 11.3 Å². The fourth-order valence-corrected chi connectivity index (χ4v) is 4.19. The first kappa shape index (κ1) is 20.9. The van der Waals surface area contributed by atoms with Crippen molar-refractivity contribution in [2.24, 2.45) is 5.92 Å². The van der Waals surface area contributed by atoms with Crippen molar-refractivity contribution in [3.8, 4) is 5.75 Å². The Morgan fingerprint density at radius 3 is 2.81 bits per heavy atom. The third-order valence-corrected chi connectivity index (χ3v) is 5.86. The molecule has 0 radical (unpaired) electrons. The monoisotopic (exact) mass is 441 g/mol. The van der Waals surface area contributed by atoms with Gasteiger partial charge in [-0.2, -0.15) is 0 Å². The van der Waals surface area contributed by atoms with E-state index in [1.807, 2.05) is 0 Å². The van der Waals surface area contributed by atoms with Gasteiger partial charge in [0, 0.05) is 18.3 Å². The van der Waals surface area contributed by atoms with Crippen LogP contribution in [0.1, 0.15) is 20.3 Å². The molecule has 0 aliphatic rings. The Labute approximate surface area is 181 Å². The molecule has 0 saturated carbocycles. The summed E-state index contributed by atoms with van der Waals surface area (Å²) in [6.07, 6.45) is 0.768. The largest absolute Gasteiger partial charge is 0.497 e. The zero-order valence-electron chi connectivity index (χ0n) is 17.5. The first-order valence-electron chi connectivity index (χ1n) is 9.92. The highest BCUT2D eigenvalue weighted by Gasteiger charge is 2.19. The smallest absolute Gasteiger partial charge is 0.352 e. The van der Waals surface area contributed by atoms with E-state index in [1.54, 1.807) is 42.8 Å². The van der Waals surface area contributed by atoms with Crippen molar-refractivity contribution in [1.29, 1.82) is 0 Å². The van der Waals surface area contributed by atoms with Gasteiger partial charge in [0.1, 0.15) is 17.0 Å². The summed E-state index contributed by atoms with van der Waals surface area (Å²) < 4.78 is 9.68. The maximum Gasteiger partial charge on any atom is 0.352 e. The average Bonchev–Trinajstić information content (AvgIpc) is 3.33. The molecular formula is C21H23N5O4S. The Hall–Kier alpha value is -3.40. The number of carbonyl (C=O) groups is 1. The second-order valence-corrected chi connectivity index (χ2v) is 8.55. The number of methoxy groups -OCH3 is 1. The standard InChI is InChI=1S/C21H23N5O4S/c1-13(2)7-9-24-19(28)18-16(8-10-31-18)26-20(24)23-25(21(26)29)12-17(27)22-14-5-4-6-15(11-14)30-3/h4-6,8,10-11,13H,7,9,12H2,1-3H3,(H,22,27). The van der Waals surface area contributed by atoms with Crippen LogP contribution < -0.4 is 21.3 Å². The lowest BCUT2D eigenvalue weighted by atomic mass is 10.1. The Balaban J connectivity index is 1.72. The van der Waals surface area contributed by atoms with E-state index in [0.717, 1.165) is 11.1 Å². The molecule has 4 aromatic rings. The molecule has 1 aromatic carbocycles. The van der Waals surface area contributed by atoms with Crippen LogP contribution in [0.5, 0.6) is 5.75 Å².